The Morgan fingerprint density at radius 3 is 2.36 bits per heavy atom. The number of benzene rings is 2. The van der Waals surface area contributed by atoms with Crippen LogP contribution < -0.4 is 15.2 Å². The highest BCUT2D eigenvalue weighted by Crippen LogP contribution is 2.31. The van der Waals surface area contributed by atoms with E-state index in [-0.39, 0.29) is 29.4 Å². The molecule has 0 bridgehead atoms. The van der Waals surface area contributed by atoms with Gasteiger partial charge in [0.05, 0.1) is 11.9 Å². The Kier molecular flexibility index (Phi) is 7.38. The van der Waals surface area contributed by atoms with Crippen molar-refractivity contribution in [2.24, 2.45) is 5.73 Å². The fourth-order valence-corrected chi connectivity index (χ4v) is 2.50. The quantitative estimate of drug-likeness (QED) is 0.558. The molecule has 2 aromatic rings. The SMILES string of the molecule is COC(N)C(=O)c1ccc(NS(C)(=O)=O)c(Oc2ccccc2)c1.Cl. The van der Waals surface area contributed by atoms with E-state index in [0.717, 1.165) is 6.26 Å². The smallest absolute Gasteiger partial charge is 0.229 e. The van der Waals surface area contributed by atoms with Gasteiger partial charge in [-0.25, -0.2) is 8.42 Å². The van der Waals surface area contributed by atoms with Gasteiger partial charge in [0.1, 0.15) is 5.75 Å². The molecule has 0 aliphatic heterocycles. The summed E-state index contributed by atoms with van der Waals surface area (Å²) in [4.78, 5) is 12.1. The van der Waals surface area contributed by atoms with Crippen molar-refractivity contribution in [3.8, 4) is 11.5 Å². The molecule has 1 unspecified atom stereocenters. The van der Waals surface area contributed by atoms with Gasteiger partial charge in [-0.2, -0.15) is 0 Å². The molecule has 0 radical (unpaired) electrons. The zero-order valence-electron chi connectivity index (χ0n) is 13.6. The van der Waals surface area contributed by atoms with Crippen LogP contribution in [0.25, 0.3) is 0 Å². The third kappa shape index (κ3) is 6.02. The number of halogens is 1. The number of hydrogen-bond acceptors (Lipinski definition) is 6. The number of carbonyl (C=O) groups is 1. The summed E-state index contributed by atoms with van der Waals surface area (Å²) in [6, 6.07) is 13.1. The minimum absolute atomic E-state index is 0. The van der Waals surface area contributed by atoms with Gasteiger partial charge in [-0.15, -0.1) is 12.4 Å². The van der Waals surface area contributed by atoms with Crippen molar-refractivity contribution in [3.05, 3.63) is 54.1 Å². The van der Waals surface area contributed by atoms with Gasteiger partial charge in [0.15, 0.2) is 12.0 Å². The van der Waals surface area contributed by atoms with E-state index in [0.29, 0.717) is 5.75 Å². The molecule has 136 valence electrons. The molecule has 25 heavy (non-hydrogen) atoms. The van der Waals surface area contributed by atoms with Crippen molar-refractivity contribution in [1.82, 2.24) is 0 Å². The number of hydrogen-bond donors (Lipinski definition) is 2. The van der Waals surface area contributed by atoms with Gasteiger partial charge in [-0.05, 0) is 30.3 Å². The second-order valence-corrected chi connectivity index (χ2v) is 6.77. The summed E-state index contributed by atoms with van der Waals surface area (Å²) in [5.74, 6) is 0.233. The normalized spacial score (nSPS) is 12.0. The number of methoxy groups -OCH3 is 1. The molecule has 0 spiro atoms. The van der Waals surface area contributed by atoms with Crippen molar-refractivity contribution in [2.75, 3.05) is 18.1 Å². The molecular formula is C16H19ClN2O5S. The first-order chi connectivity index (χ1) is 11.3. The van der Waals surface area contributed by atoms with Crippen LogP contribution in [0.15, 0.2) is 48.5 Å². The molecule has 0 aromatic heterocycles. The Bertz CT molecular complexity index is 828. The summed E-state index contributed by atoms with van der Waals surface area (Å²) in [6.45, 7) is 0. The molecule has 0 amide bonds. The molecule has 0 heterocycles. The molecule has 3 N–H and O–H groups in total. The Morgan fingerprint density at radius 1 is 1.16 bits per heavy atom. The van der Waals surface area contributed by atoms with Crippen LogP contribution in [0.1, 0.15) is 10.4 Å². The Hall–Kier alpha value is -2.13. The van der Waals surface area contributed by atoms with Gasteiger partial charge in [-0.1, -0.05) is 18.2 Å². The fourth-order valence-electron chi connectivity index (χ4n) is 1.93. The van der Waals surface area contributed by atoms with Gasteiger partial charge in [0, 0.05) is 12.7 Å². The zero-order valence-corrected chi connectivity index (χ0v) is 15.3. The van der Waals surface area contributed by atoms with Crippen LogP contribution in [0.4, 0.5) is 5.69 Å². The summed E-state index contributed by atoms with van der Waals surface area (Å²) >= 11 is 0. The molecule has 0 saturated heterocycles. The van der Waals surface area contributed by atoms with E-state index < -0.39 is 22.0 Å². The number of carbonyl (C=O) groups excluding carboxylic acids is 1. The maximum absolute atomic E-state index is 12.1. The van der Waals surface area contributed by atoms with E-state index in [9.17, 15) is 13.2 Å². The van der Waals surface area contributed by atoms with Crippen LogP contribution in [-0.4, -0.2) is 33.8 Å². The second-order valence-electron chi connectivity index (χ2n) is 5.02. The predicted molar refractivity (Wildman–Crippen MR) is 98.0 cm³/mol. The van der Waals surface area contributed by atoms with Crippen molar-refractivity contribution in [1.29, 1.82) is 0 Å². The van der Waals surface area contributed by atoms with Crippen LogP contribution in [0, 0.1) is 0 Å². The molecule has 9 heteroatoms. The predicted octanol–water partition coefficient (Wildman–Crippen LogP) is 2.39. The number of ketones is 1. The molecule has 1 atom stereocenters. The van der Waals surface area contributed by atoms with Gasteiger partial charge < -0.3 is 9.47 Å². The van der Waals surface area contributed by atoms with Crippen LogP contribution in [0.2, 0.25) is 0 Å². The molecule has 0 fully saturated rings. The summed E-state index contributed by atoms with van der Waals surface area (Å²) in [5.41, 5.74) is 6.02. The average Bonchev–Trinajstić information content (AvgIpc) is 2.54. The van der Waals surface area contributed by atoms with E-state index in [1.54, 1.807) is 24.3 Å². The van der Waals surface area contributed by atoms with E-state index in [2.05, 4.69) is 4.72 Å². The van der Waals surface area contributed by atoms with E-state index in [1.165, 1.54) is 25.3 Å². The summed E-state index contributed by atoms with van der Waals surface area (Å²) in [7, 11) is -2.19. The summed E-state index contributed by atoms with van der Waals surface area (Å²) in [5, 5.41) is 0. The molecular weight excluding hydrogens is 368 g/mol. The standard InChI is InChI=1S/C16H18N2O5S.ClH/c1-22-16(17)15(19)11-8-9-13(18-24(2,20)21)14(10-11)23-12-6-4-3-5-7-12;/h3-10,16,18H,17H2,1-2H3;1H. The molecule has 2 rings (SSSR count). The number of Topliss-reactive ketones (excluding diaryl/α,β-unsaturated/α-hetero) is 1. The maximum atomic E-state index is 12.1. The van der Waals surface area contributed by atoms with Crippen LogP contribution in [0.5, 0.6) is 11.5 Å². The lowest BCUT2D eigenvalue weighted by atomic mass is 10.1. The Morgan fingerprint density at radius 2 is 1.80 bits per heavy atom. The lowest BCUT2D eigenvalue weighted by molar-refractivity contribution is 0.0623. The van der Waals surface area contributed by atoms with E-state index >= 15 is 0 Å². The van der Waals surface area contributed by atoms with Crippen LogP contribution in [-0.2, 0) is 14.8 Å². The molecule has 2 aromatic carbocycles. The van der Waals surface area contributed by atoms with Gasteiger partial charge in [-0.3, -0.25) is 15.3 Å². The number of ether oxygens (including phenoxy) is 2. The first kappa shape index (κ1) is 20.9. The van der Waals surface area contributed by atoms with Crippen LogP contribution >= 0.6 is 12.4 Å². The highest BCUT2D eigenvalue weighted by Gasteiger charge is 2.18. The van der Waals surface area contributed by atoms with Crippen LogP contribution in [0.3, 0.4) is 0 Å². The van der Waals surface area contributed by atoms with Gasteiger partial charge in [0.25, 0.3) is 0 Å². The fraction of sp³-hybridized carbons (Fsp3) is 0.188. The van der Waals surface area contributed by atoms with E-state index in [4.69, 9.17) is 15.2 Å². The molecule has 0 saturated carbocycles. The topological polar surface area (TPSA) is 108 Å². The molecule has 7 nitrogen and oxygen atoms in total. The van der Waals surface area contributed by atoms with Gasteiger partial charge in [0.2, 0.25) is 15.8 Å². The first-order valence-corrected chi connectivity index (χ1v) is 8.86. The second kappa shape index (κ2) is 8.82. The third-order valence-electron chi connectivity index (χ3n) is 3.04. The zero-order chi connectivity index (χ0) is 17.7. The lowest BCUT2D eigenvalue weighted by Gasteiger charge is -2.14. The van der Waals surface area contributed by atoms with Crippen molar-refractivity contribution < 1.29 is 22.7 Å². The highest BCUT2D eigenvalue weighted by atomic mass is 35.5. The monoisotopic (exact) mass is 386 g/mol. The maximum Gasteiger partial charge on any atom is 0.229 e. The lowest BCUT2D eigenvalue weighted by Crippen LogP contribution is -2.32. The number of anilines is 1. The number of nitrogens with one attached hydrogen (secondary N) is 1. The minimum Gasteiger partial charge on any atom is -0.455 e. The van der Waals surface area contributed by atoms with Gasteiger partial charge >= 0.3 is 0 Å². The van der Waals surface area contributed by atoms with Crippen molar-refractivity contribution in [2.45, 2.75) is 6.23 Å². The Balaban J connectivity index is 0.00000312. The van der Waals surface area contributed by atoms with Crippen molar-refractivity contribution >= 4 is 33.9 Å². The van der Waals surface area contributed by atoms with E-state index in [1.807, 2.05) is 6.07 Å². The average molecular weight is 387 g/mol. The third-order valence-corrected chi connectivity index (χ3v) is 3.64. The number of sulfonamides is 1. The largest absolute Gasteiger partial charge is 0.455 e. The Labute approximate surface area is 152 Å². The van der Waals surface area contributed by atoms with Crippen molar-refractivity contribution in [3.63, 3.8) is 0 Å². The highest BCUT2D eigenvalue weighted by molar-refractivity contribution is 7.92. The first-order valence-electron chi connectivity index (χ1n) is 6.97. The summed E-state index contributed by atoms with van der Waals surface area (Å²) in [6.07, 6.45) is -0.0811. The molecule has 0 aliphatic carbocycles. The minimum atomic E-state index is -3.51. The summed E-state index contributed by atoms with van der Waals surface area (Å²) < 4.78 is 35.9. The molecule has 0 aliphatic rings. The number of para-hydroxylation sites is 1. The number of rotatable bonds is 7. The number of nitrogens with two attached hydrogens (primary N) is 1.